The van der Waals surface area contributed by atoms with E-state index in [9.17, 15) is 14.0 Å². The topological polar surface area (TPSA) is 81.9 Å². The number of benzene rings is 2. The van der Waals surface area contributed by atoms with Crippen molar-refractivity contribution >= 4 is 22.7 Å². The molecule has 1 aliphatic rings. The van der Waals surface area contributed by atoms with E-state index in [-0.39, 0.29) is 17.5 Å². The van der Waals surface area contributed by atoms with Gasteiger partial charge in [-0.15, -0.1) is 0 Å². The molecule has 1 aromatic heterocycles. The molecule has 0 aliphatic carbocycles. The maximum atomic E-state index is 13.3. The van der Waals surface area contributed by atoms with Gasteiger partial charge in [0.2, 0.25) is 11.3 Å². The third-order valence-electron chi connectivity index (χ3n) is 6.76. The molecule has 1 atom stereocenters. The van der Waals surface area contributed by atoms with Crippen LogP contribution in [0.5, 0.6) is 11.5 Å². The van der Waals surface area contributed by atoms with Crippen LogP contribution < -0.4 is 9.47 Å². The molecule has 8 heteroatoms. The van der Waals surface area contributed by atoms with E-state index in [2.05, 4.69) is 16.8 Å². The van der Waals surface area contributed by atoms with Gasteiger partial charge in [-0.25, -0.2) is 9.37 Å². The first kappa shape index (κ1) is 25.8. The molecule has 0 bridgehead atoms. The third-order valence-corrected chi connectivity index (χ3v) is 6.76. The van der Waals surface area contributed by atoms with Crippen LogP contribution in [0.3, 0.4) is 0 Å². The minimum atomic E-state index is -0.264. The fourth-order valence-electron chi connectivity index (χ4n) is 4.63. The number of likely N-dealkylation sites (tertiary alicyclic amines) is 1. The Morgan fingerprint density at radius 3 is 2.44 bits per heavy atom. The van der Waals surface area contributed by atoms with Crippen LogP contribution in [-0.2, 0) is 4.79 Å². The lowest BCUT2D eigenvalue weighted by Gasteiger charge is -2.26. The summed E-state index contributed by atoms with van der Waals surface area (Å²) in [6.45, 7) is 9.91. The van der Waals surface area contributed by atoms with Gasteiger partial charge in [-0.3, -0.25) is 14.5 Å². The van der Waals surface area contributed by atoms with Gasteiger partial charge in [0, 0.05) is 39.4 Å². The second-order valence-electron chi connectivity index (χ2n) is 9.44. The maximum Gasteiger partial charge on any atom is 0.207 e. The number of hydrogen-bond acceptors (Lipinski definition) is 7. The van der Waals surface area contributed by atoms with E-state index in [0.29, 0.717) is 97.5 Å². The second kappa shape index (κ2) is 11.2. The molecular formula is C28H33FN2O5. The summed E-state index contributed by atoms with van der Waals surface area (Å²) < 4.78 is 31.6. The van der Waals surface area contributed by atoms with Crippen molar-refractivity contribution in [2.75, 3.05) is 32.8 Å². The average Bonchev–Trinajstić information content (AvgIpc) is 3.24. The molecule has 0 amide bonds. The SMILES string of the molecule is CC(=O)c1c(OCCN2CCC(=O)CC2)c(OCCC(C)c2ccc(F)cc2)c2oc(C)nc2c1C. The molecule has 2 aromatic carbocycles. The van der Waals surface area contributed by atoms with E-state index < -0.39 is 0 Å². The van der Waals surface area contributed by atoms with Gasteiger partial charge in [0.1, 0.15) is 23.7 Å². The van der Waals surface area contributed by atoms with E-state index in [4.69, 9.17) is 13.9 Å². The van der Waals surface area contributed by atoms with E-state index in [0.717, 1.165) is 5.56 Å². The highest BCUT2D eigenvalue weighted by atomic mass is 19.1. The lowest BCUT2D eigenvalue weighted by Crippen LogP contribution is -2.36. The highest BCUT2D eigenvalue weighted by Gasteiger charge is 2.27. The normalized spacial score (nSPS) is 15.3. The molecule has 0 spiro atoms. The minimum absolute atomic E-state index is 0.140. The Morgan fingerprint density at radius 2 is 1.78 bits per heavy atom. The van der Waals surface area contributed by atoms with Crippen LogP contribution in [-0.4, -0.2) is 54.3 Å². The van der Waals surface area contributed by atoms with E-state index in [1.165, 1.54) is 19.1 Å². The molecule has 1 aliphatic heterocycles. The predicted molar refractivity (Wildman–Crippen MR) is 135 cm³/mol. The Balaban J connectivity index is 1.57. The molecular weight excluding hydrogens is 463 g/mol. The fourth-order valence-corrected chi connectivity index (χ4v) is 4.63. The fraction of sp³-hybridized carbons (Fsp3) is 0.464. The number of oxazole rings is 1. The number of nitrogens with zero attached hydrogens (tertiary/aromatic N) is 2. The van der Waals surface area contributed by atoms with Gasteiger partial charge in [-0.2, -0.15) is 0 Å². The van der Waals surface area contributed by atoms with Crippen LogP contribution in [0.25, 0.3) is 11.1 Å². The molecule has 4 rings (SSSR count). The van der Waals surface area contributed by atoms with Crippen LogP contribution in [0.2, 0.25) is 0 Å². The Kier molecular flexibility index (Phi) is 8.04. The van der Waals surface area contributed by atoms with Crippen molar-refractivity contribution in [3.63, 3.8) is 0 Å². The summed E-state index contributed by atoms with van der Waals surface area (Å²) in [7, 11) is 0. The maximum absolute atomic E-state index is 13.3. The minimum Gasteiger partial charge on any atom is -0.487 e. The van der Waals surface area contributed by atoms with Crippen molar-refractivity contribution in [3.05, 3.63) is 52.7 Å². The van der Waals surface area contributed by atoms with Crippen molar-refractivity contribution in [2.45, 2.75) is 52.9 Å². The summed E-state index contributed by atoms with van der Waals surface area (Å²) in [4.78, 5) is 30.9. The number of hydrogen-bond donors (Lipinski definition) is 0. The Labute approximate surface area is 210 Å². The molecule has 2 heterocycles. The first-order chi connectivity index (χ1) is 17.2. The smallest absolute Gasteiger partial charge is 0.207 e. The summed E-state index contributed by atoms with van der Waals surface area (Å²) in [6, 6.07) is 6.47. The van der Waals surface area contributed by atoms with E-state index in [1.807, 2.05) is 6.92 Å². The molecule has 1 unspecified atom stereocenters. The van der Waals surface area contributed by atoms with Crippen molar-refractivity contribution in [2.24, 2.45) is 0 Å². The van der Waals surface area contributed by atoms with E-state index >= 15 is 0 Å². The second-order valence-corrected chi connectivity index (χ2v) is 9.44. The number of Topliss-reactive ketones (excluding diaryl/α,β-unsaturated/α-hetero) is 2. The molecule has 36 heavy (non-hydrogen) atoms. The van der Waals surface area contributed by atoms with Crippen LogP contribution in [0.1, 0.15) is 66.4 Å². The number of aryl methyl sites for hydroxylation is 2. The summed E-state index contributed by atoms with van der Waals surface area (Å²) >= 11 is 0. The molecule has 0 saturated carbocycles. The molecule has 0 radical (unpaired) electrons. The predicted octanol–water partition coefficient (Wildman–Crippen LogP) is 5.40. The van der Waals surface area contributed by atoms with Crippen LogP contribution >= 0.6 is 0 Å². The van der Waals surface area contributed by atoms with Crippen molar-refractivity contribution in [1.82, 2.24) is 9.88 Å². The average molecular weight is 497 g/mol. The summed E-state index contributed by atoms with van der Waals surface area (Å²) in [5, 5.41) is 0. The highest BCUT2D eigenvalue weighted by molar-refractivity contribution is 6.05. The van der Waals surface area contributed by atoms with Gasteiger partial charge in [0.05, 0.1) is 12.2 Å². The first-order valence-electron chi connectivity index (χ1n) is 12.4. The zero-order valence-corrected chi connectivity index (χ0v) is 21.4. The van der Waals surface area contributed by atoms with Crippen molar-refractivity contribution in [1.29, 1.82) is 0 Å². The monoisotopic (exact) mass is 496 g/mol. The Bertz CT molecular complexity index is 1240. The molecule has 3 aromatic rings. The third kappa shape index (κ3) is 5.75. The molecule has 1 fully saturated rings. The number of ketones is 2. The number of fused-ring (bicyclic) bond motifs is 1. The number of rotatable bonds is 10. The summed E-state index contributed by atoms with van der Waals surface area (Å²) in [5.74, 6) is 1.24. The summed E-state index contributed by atoms with van der Waals surface area (Å²) in [5.41, 5.74) is 3.20. The number of carbonyl (C=O) groups is 2. The molecule has 1 saturated heterocycles. The van der Waals surface area contributed by atoms with Crippen LogP contribution in [0.15, 0.2) is 28.7 Å². The van der Waals surface area contributed by atoms with Crippen molar-refractivity contribution in [3.8, 4) is 11.5 Å². The van der Waals surface area contributed by atoms with Gasteiger partial charge in [0.25, 0.3) is 0 Å². The lowest BCUT2D eigenvalue weighted by molar-refractivity contribution is -0.121. The van der Waals surface area contributed by atoms with Crippen LogP contribution in [0, 0.1) is 19.7 Å². The largest absolute Gasteiger partial charge is 0.487 e. The Hall–Kier alpha value is -3.26. The zero-order valence-electron chi connectivity index (χ0n) is 21.4. The highest BCUT2D eigenvalue weighted by Crippen LogP contribution is 2.43. The quantitative estimate of drug-likeness (QED) is 0.348. The standard InChI is InChI=1S/C28H33FN2O5/c1-17(21-5-7-22(29)8-6-21)11-15-34-28-26(35-16-14-31-12-9-23(33)10-13-31)24(19(3)32)18(2)25-27(28)36-20(4)30-25/h5-8,17H,9-16H2,1-4H3. The van der Waals surface area contributed by atoms with Gasteiger partial charge < -0.3 is 13.9 Å². The molecule has 7 nitrogen and oxygen atoms in total. The number of ether oxygens (including phenoxy) is 2. The zero-order chi connectivity index (χ0) is 25.8. The van der Waals surface area contributed by atoms with E-state index in [1.54, 1.807) is 19.1 Å². The van der Waals surface area contributed by atoms with Crippen LogP contribution in [0.4, 0.5) is 4.39 Å². The molecule has 0 N–H and O–H groups in total. The number of aromatic nitrogens is 1. The molecule has 192 valence electrons. The van der Waals surface area contributed by atoms with Gasteiger partial charge in [0.15, 0.2) is 17.4 Å². The van der Waals surface area contributed by atoms with Gasteiger partial charge in [-0.05, 0) is 49.4 Å². The van der Waals surface area contributed by atoms with Gasteiger partial charge >= 0.3 is 0 Å². The Morgan fingerprint density at radius 1 is 1.11 bits per heavy atom. The number of halogens is 1. The number of piperidine rings is 1. The van der Waals surface area contributed by atoms with Gasteiger partial charge in [-0.1, -0.05) is 19.1 Å². The van der Waals surface area contributed by atoms with Crippen molar-refractivity contribution < 1.29 is 27.9 Å². The number of carbonyl (C=O) groups excluding carboxylic acids is 2. The lowest BCUT2D eigenvalue weighted by atomic mass is 9.98. The first-order valence-corrected chi connectivity index (χ1v) is 12.4. The summed E-state index contributed by atoms with van der Waals surface area (Å²) in [6.07, 6.45) is 1.79.